The molecule has 0 radical (unpaired) electrons. The normalized spacial score (nSPS) is 12.2. The van der Waals surface area contributed by atoms with Crippen molar-refractivity contribution in [1.29, 1.82) is 0 Å². The van der Waals surface area contributed by atoms with Crippen molar-refractivity contribution in [2.75, 3.05) is 25.6 Å². The number of nitrogens with zero attached hydrogens (tertiary/aromatic N) is 2. The molecule has 90 valence electrons. The smallest absolute Gasteiger partial charge is 0.318 e. The SMILES string of the molecule is CCOCC(C)Nc1nc(OC)ncc1Cl. The zero-order valence-corrected chi connectivity index (χ0v) is 10.4. The van der Waals surface area contributed by atoms with Crippen LogP contribution >= 0.6 is 11.6 Å². The summed E-state index contributed by atoms with van der Waals surface area (Å²) in [4.78, 5) is 8.00. The van der Waals surface area contributed by atoms with E-state index in [2.05, 4.69) is 15.3 Å². The maximum Gasteiger partial charge on any atom is 0.318 e. The molecule has 0 saturated heterocycles. The standard InChI is InChI=1S/C10H16ClN3O2/c1-4-16-6-7(2)13-9-8(11)5-12-10(14-9)15-3/h5,7H,4,6H2,1-3H3,(H,12,13,14). The van der Waals surface area contributed by atoms with Crippen molar-refractivity contribution in [3.63, 3.8) is 0 Å². The molecule has 16 heavy (non-hydrogen) atoms. The maximum atomic E-state index is 5.95. The summed E-state index contributed by atoms with van der Waals surface area (Å²) in [5, 5.41) is 3.59. The van der Waals surface area contributed by atoms with Gasteiger partial charge in [-0.05, 0) is 13.8 Å². The lowest BCUT2D eigenvalue weighted by atomic mass is 10.3. The van der Waals surface area contributed by atoms with Gasteiger partial charge in [-0.1, -0.05) is 11.6 Å². The van der Waals surface area contributed by atoms with Crippen LogP contribution in [-0.4, -0.2) is 36.3 Å². The minimum absolute atomic E-state index is 0.122. The first kappa shape index (κ1) is 13.0. The molecule has 0 aromatic carbocycles. The highest BCUT2D eigenvalue weighted by Gasteiger charge is 2.08. The number of ether oxygens (including phenoxy) is 2. The quantitative estimate of drug-likeness (QED) is 0.831. The molecule has 1 N–H and O–H groups in total. The second-order valence-electron chi connectivity index (χ2n) is 3.26. The summed E-state index contributed by atoms with van der Waals surface area (Å²) >= 11 is 5.95. The van der Waals surface area contributed by atoms with E-state index in [9.17, 15) is 0 Å². The van der Waals surface area contributed by atoms with Crippen molar-refractivity contribution >= 4 is 17.4 Å². The summed E-state index contributed by atoms with van der Waals surface area (Å²) in [7, 11) is 1.51. The molecule has 1 aromatic heterocycles. The molecule has 1 aromatic rings. The number of nitrogens with one attached hydrogen (secondary N) is 1. The van der Waals surface area contributed by atoms with Gasteiger partial charge in [-0.25, -0.2) is 4.98 Å². The third-order valence-corrected chi connectivity index (χ3v) is 2.14. The van der Waals surface area contributed by atoms with Gasteiger partial charge in [0.25, 0.3) is 0 Å². The molecule has 1 heterocycles. The maximum absolute atomic E-state index is 5.95. The Kier molecular flexibility index (Phi) is 5.28. The van der Waals surface area contributed by atoms with Crippen LogP contribution in [0.5, 0.6) is 6.01 Å². The number of rotatable bonds is 6. The van der Waals surface area contributed by atoms with Crippen molar-refractivity contribution in [2.24, 2.45) is 0 Å². The third kappa shape index (κ3) is 3.83. The molecule has 1 unspecified atom stereocenters. The lowest BCUT2D eigenvalue weighted by Gasteiger charge is -2.15. The van der Waals surface area contributed by atoms with E-state index in [4.69, 9.17) is 21.1 Å². The molecular formula is C10H16ClN3O2. The summed E-state index contributed by atoms with van der Waals surface area (Å²) in [6.45, 7) is 5.22. The average Bonchev–Trinajstić information content (AvgIpc) is 2.29. The Morgan fingerprint density at radius 2 is 2.31 bits per heavy atom. The lowest BCUT2D eigenvalue weighted by Crippen LogP contribution is -2.22. The van der Waals surface area contributed by atoms with E-state index in [0.717, 1.165) is 0 Å². The molecule has 0 aliphatic heterocycles. The van der Waals surface area contributed by atoms with Crippen LogP contribution in [-0.2, 0) is 4.74 Å². The number of aromatic nitrogens is 2. The Morgan fingerprint density at radius 1 is 1.56 bits per heavy atom. The molecule has 0 amide bonds. The Morgan fingerprint density at radius 3 is 2.94 bits per heavy atom. The zero-order valence-electron chi connectivity index (χ0n) is 9.66. The number of anilines is 1. The van der Waals surface area contributed by atoms with Gasteiger partial charge in [0.1, 0.15) is 5.02 Å². The fraction of sp³-hybridized carbons (Fsp3) is 0.600. The number of hydrogen-bond acceptors (Lipinski definition) is 5. The van der Waals surface area contributed by atoms with Crippen molar-refractivity contribution in [3.05, 3.63) is 11.2 Å². The van der Waals surface area contributed by atoms with E-state index in [1.54, 1.807) is 0 Å². The van der Waals surface area contributed by atoms with Crippen LogP contribution in [0.15, 0.2) is 6.20 Å². The topological polar surface area (TPSA) is 56.3 Å². The average molecular weight is 246 g/mol. The van der Waals surface area contributed by atoms with Crippen LogP contribution in [0.4, 0.5) is 5.82 Å². The Hall–Kier alpha value is -1.07. The molecule has 0 fully saturated rings. The van der Waals surface area contributed by atoms with Gasteiger partial charge in [0, 0.05) is 12.6 Å². The first-order chi connectivity index (χ1) is 7.67. The molecule has 0 aliphatic rings. The van der Waals surface area contributed by atoms with E-state index < -0.39 is 0 Å². The molecule has 0 aliphatic carbocycles. The predicted octanol–water partition coefficient (Wildman–Crippen LogP) is 1.98. The van der Waals surface area contributed by atoms with Crippen LogP contribution in [0.2, 0.25) is 5.02 Å². The summed E-state index contributed by atoms with van der Waals surface area (Å²) in [5.74, 6) is 0.556. The zero-order chi connectivity index (χ0) is 12.0. The van der Waals surface area contributed by atoms with Gasteiger partial charge in [0.05, 0.1) is 19.9 Å². The number of methoxy groups -OCH3 is 1. The van der Waals surface area contributed by atoms with Crippen LogP contribution in [0, 0.1) is 0 Å². The fourth-order valence-electron chi connectivity index (χ4n) is 1.12. The van der Waals surface area contributed by atoms with Gasteiger partial charge in [-0.3, -0.25) is 0 Å². The number of halogens is 1. The Bertz CT molecular complexity index is 336. The fourth-order valence-corrected chi connectivity index (χ4v) is 1.27. The van der Waals surface area contributed by atoms with E-state index in [-0.39, 0.29) is 12.1 Å². The Labute approximate surface area is 100 Å². The highest BCUT2D eigenvalue weighted by atomic mass is 35.5. The first-order valence-corrected chi connectivity index (χ1v) is 5.46. The van der Waals surface area contributed by atoms with Gasteiger partial charge >= 0.3 is 6.01 Å². The van der Waals surface area contributed by atoms with Crippen LogP contribution in [0.1, 0.15) is 13.8 Å². The predicted molar refractivity (Wildman–Crippen MR) is 63.2 cm³/mol. The summed E-state index contributed by atoms with van der Waals surface area (Å²) < 4.78 is 10.2. The molecule has 5 nitrogen and oxygen atoms in total. The monoisotopic (exact) mass is 245 g/mol. The van der Waals surface area contributed by atoms with Gasteiger partial charge in [-0.2, -0.15) is 4.98 Å². The molecule has 0 spiro atoms. The minimum atomic E-state index is 0.122. The van der Waals surface area contributed by atoms with Gasteiger partial charge in [0.15, 0.2) is 5.82 Å². The highest BCUT2D eigenvalue weighted by molar-refractivity contribution is 6.32. The third-order valence-electron chi connectivity index (χ3n) is 1.86. The van der Waals surface area contributed by atoms with Crippen molar-refractivity contribution < 1.29 is 9.47 Å². The van der Waals surface area contributed by atoms with Crippen molar-refractivity contribution in [1.82, 2.24) is 9.97 Å². The van der Waals surface area contributed by atoms with E-state index >= 15 is 0 Å². The van der Waals surface area contributed by atoms with Gasteiger partial charge < -0.3 is 14.8 Å². The molecule has 1 atom stereocenters. The second kappa shape index (κ2) is 6.50. The summed E-state index contributed by atoms with van der Waals surface area (Å²) in [6.07, 6.45) is 1.50. The summed E-state index contributed by atoms with van der Waals surface area (Å²) in [5.41, 5.74) is 0. The van der Waals surface area contributed by atoms with Gasteiger partial charge in [-0.15, -0.1) is 0 Å². The van der Waals surface area contributed by atoms with Crippen LogP contribution < -0.4 is 10.1 Å². The van der Waals surface area contributed by atoms with Crippen LogP contribution in [0.3, 0.4) is 0 Å². The molecule has 1 rings (SSSR count). The molecular weight excluding hydrogens is 230 g/mol. The largest absolute Gasteiger partial charge is 0.467 e. The van der Waals surface area contributed by atoms with E-state index in [0.29, 0.717) is 24.1 Å². The van der Waals surface area contributed by atoms with Crippen molar-refractivity contribution in [3.8, 4) is 6.01 Å². The lowest BCUT2D eigenvalue weighted by molar-refractivity contribution is 0.141. The first-order valence-electron chi connectivity index (χ1n) is 5.08. The Balaban J connectivity index is 2.64. The minimum Gasteiger partial charge on any atom is -0.467 e. The molecule has 0 bridgehead atoms. The number of hydrogen-bond donors (Lipinski definition) is 1. The molecule has 0 saturated carbocycles. The van der Waals surface area contributed by atoms with Gasteiger partial charge in [0.2, 0.25) is 0 Å². The summed E-state index contributed by atoms with van der Waals surface area (Å²) in [6, 6.07) is 0.410. The van der Waals surface area contributed by atoms with E-state index in [1.807, 2.05) is 13.8 Å². The molecule has 6 heteroatoms. The van der Waals surface area contributed by atoms with Crippen molar-refractivity contribution in [2.45, 2.75) is 19.9 Å². The second-order valence-corrected chi connectivity index (χ2v) is 3.67. The highest BCUT2D eigenvalue weighted by Crippen LogP contribution is 2.20. The van der Waals surface area contributed by atoms with Crippen LogP contribution in [0.25, 0.3) is 0 Å². The van der Waals surface area contributed by atoms with E-state index in [1.165, 1.54) is 13.3 Å².